The Morgan fingerprint density at radius 2 is 1.93 bits per heavy atom. The fraction of sp³-hybridized carbons (Fsp3) is 0.522. The summed E-state index contributed by atoms with van der Waals surface area (Å²) >= 11 is 6.40. The molecule has 0 radical (unpaired) electrons. The highest BCUT2D eigenvalue weighted by molar-refractivity contribution is 6.31. The summed E-state index contributed by atoms with van der Waals surface area (Å²) in [5, 5.41) is 10.1. The van der Waals surface area contributed by atoms with Gasteiger partial charge in [0.15, 0.2) is 5.78 Å². The van der Waals surface area contributed by atoms with Crippen LogP contribution in [-0.2, 0) is 19.9 Å². The van der Waals surface area contributed by atoms with Gasteiger partial charge in [0.25, 0.3) is 0 Å². The number of aliphatic hydroxyl groups excluding tert-OH is 1. The van der Waals surface area contributed by atoms with Crippen molar-refractivity contribution < 1.29 is 9.90 Å². The summed E-state index contributed by atoms with van der Waals surface area (Å²) in [4.78, 5) is 12.7. The number of aryl methyl sites for hydroxylation is 3. The molecule has 5 heteroatoms. The third-order valence-corrected chi connectivity index (χ3v) is 6.24. The van der Waals surface area contributed by atoms with Gasteiger partial charge < -0.3 is 15.4 Å². The summed E-state index contributed by atoms with van der Waals surface area (Å²) in [7, 11) is 1.88. The number of carbonyl (C=O) groups is 1. The Bertz CT molecular complexity index is 822. The Morgan fingerprint density at radius 1 is 1.21 bits per heavy atom. The molecule has 0 fully saturated rings. The summed E-state index contributed by atoms with van der Waals surface area (Å²) in [6.45, 7) is 6.13. The van der Waals surface area contributed by atoms with Crippen molar-refractivity contribution in [3.8, 4) is 0 Å². The first kappa shape index (κ1) is 22.7. The van der Waals surface area contributed by atoms with Gasteiger partial charge in [-0.3, -0.25) is 4.79 Å². The Labute approximate surface area is 173 Å². The summed E-state index contributed by atoms with van der Waals surface area (Å²) in [5.74, 6) is 0.108. The zero-order valence-corrected chi connectivity index (χ0v) is 18.3. The first-order valence-corrected chi connectivity index (χ1v) is 10.4. The van der Waals surface area contributed by atoms with E-state index in [1.807, 2.05) is 18.5 Å². The number of rotatable bonds is 10. The Balaban J connectivity index is 1.99. The van der Waals surface area contributed by atoms with E-state index in [9.17, 15) is 9.90 Å². The molecule has 28 heavy (non-hydrogen) atoms. The van der Waals surface area contributed by atoms with Crippen LogP contribution in [0.15, 0.2) is 24.3 Å². The molecular weight excluding hydrogens is 372 g/mol. The molecule has 2 aromatic rings. The van der Waals surface area contributed by atoms with Crippen LogP contribution in [0.1, 0.15) is 65.5 Å². The van der Waals surface area contributed by atoms with Gasteiger partial charge in [-0.05, 0) is 68.7 Å². The Kier molecular flexibility index (Phi) is 7.87. The molecule has 3 N–H and O–H groups in total. The average Bonchev–Trinajstić information content (AvgIpc) is 2.96. The normalized spacial score (nSPS) is 13.5. The van der Waals surface area contributed by atoms with Crippen LogP contribution in [0.5, 0.6) is 0 Å². The second-order valence-electron chi connectivity index (χ2n) is 7.95. The molecule has 1 unspecified atom stereocenters. The molecule has 0 aliphatic carbocycles. The second kappa shape index (κ2) is 9.73. The number of hydrogen-bond acceptors (Lipinski definition) is 3. The van der Waals surface area contributed by atoms with Crippen molar-refractivity contribution in [1.29, 1.82) is 0 Å². The number of Topliss-reactive ketones (excluding diaryl/α,β-unsaturated/α-hetero) is 1. The zero-order valence-electron chi connectivity index (χ0n) is 17.5. The van der Waals surface area contributed by atoms with Crippen molar-refractivity contribution >= 4 is 17.4 Å². The molecular formula is C23H33ClN2O2. The fourth-order valence-electron chi connectivity index (χ4n) is 3.44. The van der Waals surface area contributed by atoms with Crippen molar-refractivity contribution in [2.24, 2.45) is 12.8 Å². The maximum absolute atomic E-state index is 12.7. The third kappa shape index (κ3) is 5.47. The predicted octanol–water partition coefficient (Wildman–Crippen LogP) is 4.53. The lowest BCUT2D eigenvalue weighted by Crippen LogP contribution is -2.43. The van der Waals surface area contributed by atoms with Crippen LogP contribution in [0.25, 0.3) is 0 Å². The SMILES string of the molecule is CCC(N)(CO)CCc1c(Cl)cc(C(=O)CCCc2ccc(C)c(C)c2)n1C. The lowest BCUT2D eigenvalue weighted by Gasteiger charge is -2.25. The highest BCUT2D eigenvalue weighted by Crippen LogP contribution is 2.25. The number of aromatic nitrogens is 1. The van der Waals surface area contributed by atoms with Crippen molar-refractivity contribution in [1.82, 2.24) is 4.57 Å². The highest BCUT2D eigenvalue weighted by Gasteiger charge is 2.24. The first-order chi connectivity index (χ1) is 13.2. The maximum Gasteiger partial charge on any atom is 0.179 e. The molecule has 0 saturated carbocycles. The number of ketones is 1. The molecule has 1 aromatic heterocycles. The van der Waals surface area contributed by atoms with E-state index >= 15 is 0 Å². The minimum absolute atomic E-state index is 0.0597. The second-order valence-corrected chi connectivity index (χ2v) is 8.36. The van der Waals surface area contributed by atoms with Crippen LogP contribution in [0.4, 0.5) is 0 Å². The van der Waals surface area contributed by atoms with Gasteiger partial charge in [0, 0.05) is 24.7 Å². The summed E-state index contributed by atoms with van der Waals surface area (Å²) in [5.41, 5.74) is 11.0. The smallest absolute Gasteiger partial charge is 0.179 e. The van der Waals surface area contributed by atoms with Gasteiger partial charge >= 0.3 is 0 Å². The molecule has 1 aromatic carbocycles. The van der Waals surface area contributed by atoms with Crippen molar-refractivity contribution in [2.75, 3.05) is 6.61 Å². The number of aliphatic hydroxyl groups is 1. The molecule has 0 aliphatic heterocycles. The number of nitrogens with zero attached hydrogens (tertiary/aromatic N) is 1. The number of nitrogens with two attached hydrogens (primary N) is 1. The maximum atomic E-state index is 12.7. The van der Waals surface area contributed by atoms with E-state index in [1.54, 1.807) is 6.07 Å². The molecule has 1 heterocycles. The van der Waals surface area contributed by atoms with Gasteiger partial charge in [-0.1, -0.05) is 36.7 Å². The molecule has 0 amide bonds. The number of halogens is 1. The highest BCUT2D eigenvalue weighted by atomic mass is 35.5. The van der Waals surface area contributed by atoms with Crippen LogP contribution in [0.3, 0.4) is 0 Å². The van der Waals surface area contributed by atoms with Gasteiger partial charge in [-0.25, -0.2) is 0 Å². The topological polar surface area (TPSA) is 68.2 Å². The van der Waals surface area contributed by atoms with Gasteiger partial charge in [0.2, 0.25) is 0 Å². The minimum atomic E-state index is -0.607. The molecule has 4 nitrogen and oxygen atoms in total. The fourth-order valence-corrected chi connectivity index (χ4v) is 3.76. The van der Waals surface area contributed by atoms with Crippen molar-refractivity contribution in [2.45, 2.75) is 64.8 Å². The van der Waals surface area contributed by atoms with E-state index in [4.69, 9.17) is 17.3 Å². The number of carbonyl (C=O) groups excluding carboxylic acids is 1. The zero-order chi connectivity index (χ0) is 20.9. The van der Waals surface area contributed by atoms with Crippen LogP contribution >= 0.6 is 11.6 Å². The lowest BCUT2D eigenvalue weighted by atomic mass is 9.92. The van der Waals surface area contributed by atoms with Crippen LogP contribution < -0.4 is 5.73 Å². The number of hydrogen-bond donors (Lipinski definition) is 2. The van der Waals surface area contributed by atoms with Crippen LogP contribution in [0, 0.1) is 13.8 Å². The predicted molar refractivity (Wildman–Crippen MR) is 116 cm³/mol. The Hall–Kier alpha value is -1.62. The summed E-state index contributed by atoms with van der Waals surface area (Å²) in [6, 6.07) is 8.23. The molecule has 0 bridgehead atoms. The molecule has 0 aliphatic rings. The van der Waals surface area contributed by atoms with E-state index in [-0.39, 0.29) is 12.4 Å². The van der Waals surface area contributed by atoms with E-state index in [2.05, 4.69) is 32.0 Å². The number of benzene rings is 1. The van der Waals surface area contributed by atoms with Gasteiger partial charge in [0.1, 0.15) is 0 Å². The quantitative estimate of drug-likeness (QED) is 0.571. The van der Waals surface area contributed by atoms with Crippen LogP contribution in [0.2, 0.25) is 5.02 Å². The van der Waals surface area contributed by atoms with Gasteiger partial charge in [-0.15, -0.1) is 0 Å². The van der Waals surface area contributed by atoms with E-state index < -0.39 is 5.54 Å². The lowest BCUT2D eigenvalue weighted by molar-refractivity contribution is 0.0972. The van der Waals surface area contributed by atoms with E-state index in [0.29, 0.717) is 36.4 Å². The van der Waals surface area contributed by atoms with E-state index in [1.165, 1.54) is 16.7 Å². The minimum Gasteiger partial charge on any atom is -0.394 e. The van der Waals surface area contributed by atoms with E-state index in [0.717, 1.165) is 18.5 Å². The van der Waals surface area contributed by atoms with Crippen LogP contribution in [-0.4, -0.2) is 27.6 Å². The first-order valence-electron chi connectivity index (χ1n) is 10.0. The molecule has 0 saturated heterocycles. The molecule has 154 valence electrons. The Morgan fingerprint density at radius 3 is 2.54 bits per heavy atom. The van der Waals surface area contributed by atoms with Crippen molar-refractivity contribution in [3.63, 3.8) is 0 Å². The summed E-state index contributed by atoms with van der Waals surface area (Å²) in [6.07, 6.45) is 4.14. The van der Waals surface area contributed by atoms with Gasteiger partial charge in [-0.2, -0.15) is 0 Å². The third-order valence-electron chi connectivity index (χ3n) is 5.91. The molecule has 0 spiro atoms. The molecule has 1 atom stereocenters. The monoisotopic (exact) mass is 404 g/mol. The summed E-state index contributed by atoms with van der Waals surface area (Å²) < 4.78 is 1.88. The average molecular weight is 405 g/mol. The van der Waals surface area contributed by atoms with Gasteiger partial charge in [0.05, 0.1) is 17.3 Å². The molecule has 2 rings (SSSR count). The largest absolute Gasteiger partial charge is 0.394 e. The standard InChI is InChI=1S/C23H33ClN2O2/c1-5-23(25,15-27)12-11-20-19(24)14-21(26(20)4)22(28)8-6-7-18-10-9-16(2)17(3)13-18/h9-10,13-14,27H,5-8,11-12,15,25H2,1-4H3. The van der Waals surface area contributed by atoms with Crippen molar-refractivity contribution in [3.05, 3.63) is 57.4 Å².